The van der Waals surface area contributed by atoms with Crippen LogP contribution in [0.25, 0.3) is 0 Å². The summed E-state index contributed by atoms with van der Waals surface area (Å²) in [6.07, 6.45) is -1.59. The molecule has 0 saturated heterocycles. The van der Waals surface area contributed by atoms with Gasteiger partial charge in [0.15, 0.2) is 0 Å². The molecule has 0 heterocycles. The molecule has 50 valence electrons. The Morgan fingerprint density at radius 1 is 1.64 bits per heavy atom. The first-order chi connectivity index (χ1) is 4.79. The van der Waals surface area contributed by atoms with Gasteiger partial charge in [-0.25, -0.2) is 0 Å². The van der Waals surface area contributed by atoms with E-state index in [0.29, 0.717) is 0 Å². The fraction of sp³-hybridized carbons (Fsp3) is 0. The minimum atomic E-state index is -1.59. The largest absolute Gasteiger partial charge is 1.00 e. The predicted octanol–water partition coefficient (Wildman–Crippen LogP) is -2.99. The molecule has 0 aliphatic carbocycles. The molecule has 0 N–H and O–H groups in total. The fourth-order valence-corrected chi connectivity index (χ4v) is 0.487. The Balaban J connectivity index is 0.000001000. The Morgan fingerprint density at radius 2 is 2.36 bits per heavy atom. The zero-order valence-corrected chi connectivity index (χ0v) is 12.2. The van der Waals surface area contributed by atoms with Crippen LogP contribution >= 0.6 is 0 Å². The van der Waals surface area contributed by atoms with Crippen LogP contribution in [-0.2, 0) is 0 Å². The van der Waals surface area contributed by atoms with Gasteiger partial charge in [-0.15, -0.1) is 0 Å². The third-order valence-corrected chi connectivity index (χ3v) is 0.816. The maximum Gasteiger partial charge on any atom is 1.00 e. The Bertz CT molecular complexity index is 222. The second-order valence-corrected chi connectivity index (χ2v) is 1.51. The van der Waals surface area contributed by atoms with Crippen LogP contribution in [0.1, 0.15) is 0 Å². The van der Waals surface area contributed by atoms with E-state index >= 15 is 0 Å². The van der Waals surface area contributed by atoms with Crippen molar-refractivity contribution in [2.24, 2.45) is 0 Å². The van der Waals surface area contributed by atoms with Gasteiger partial charge in [-0.2, -0.15) is 0 Å². The number of ether oxygens (including phenoxy) is 1. The van der Waals surface area contributed by atoms with Crippen molar-refractivity contribution in [3.63, 3.8) is 0 Å². The van der Waals surface area contributed by atoms with Crippen molar-refractivity contribution in [2.75, 3.05) is 0 Å². The summed E-state index contributed by atoms with van der Waals surface area (Å²) < 4.78 is 4.13. The van der Waals surface area contributed by atoms with Crippen molar-refractivity contribution in [1.29, 1.82) is 0 Å². The van der Waals surface area contributed by atoms with Gasteiger partial charge in [0, 0.05) is 0 Å². The monoisotopic (exact) mass is 268 g/mol. The molecule has 1 rings (SSSR count). The van der Waals surface area contributed by atoms with Crippen molar-refractivity contribution >= 4 is 6.16 Å². The van der Waals surface area contributed by atoms with Gasteiger partial charge >= 0.3 is 68.9 Å². The Kier molecular flexibility index (Phi) is 6.14. The number of carboxylic acid groups (broad SMARTS) is 1. The van der Waals surface area contributed by atoms with Gasteiger partial charge in [0.1, 0.15) is 5.75 Å². The van der Waals surface area contributed by atoms with Crippen LogP contribution in [0.15, 0.2) is 18.2 Å². The van der Waals surface area contributed by atoms with Gasteiger partial charge in [0.25, 0.3) is 6.16 Å². The first-order valence-corrected chi connectivity index (χ1v) is 2.56. The van der Waals surface area contributed by atoms with Crippen LogP contribution in [0.4, 0.5) is 4.79 Å². The molecule has 1 aromatic rings. The Labute approximate surface area is 123 Å². The maximum atomic E-state index is 9.80. The zero-order valence-electron chi connectivity index (χ0n) is 5.96. The number of carbonyl (C=O) groups excluding carboxylic acids is 1. The summed E-state index contributed by atoms with van der Waals surface area (Å²) in [5.74, 6) is 0.0995. The first-order valence-electron chi connectivity index (χ1n) is 2.56. The van der Waals surface area contributed by atoms with E-state index in [1.165, 1.54) is 6.07 Å². The number of hydrogen-bond acceptors (Lipinski definition) is 3. The molecule has 0 spiro atoms. The maximum absolute atomic E-state index is 9.80. The summed E-state index contributed by atoms with van der Waals surface area (Å²) in [7, 11) is 0. The van der Waals surface area contributed by atoms with E-state index in [1.807, 2.05) is 0 Å². The van der Waals surface area contributed by atoms with Crippen molar-refractivity contribution in [3.8, 4) is 5.75 Å². The molecule has 3 nitrogen and oxygen atoms in total. The van der Waals surface area contributed by atoms with Gasteiger partial charge in [0.05, 0.1) is 0 Å². The van der Waals surface area contributed by atoms with Crippen molar-refractivity contribution in [3.05, 3.63) is 30.3 Å². The molecule has 11 heavy (non-hydrogen) atoms. The smallest absolute Gasteiger partial charge is 0.505 e. The van der Waals surface area contributed by atoms with E-state index in [4.69, 9.17) is 0 Å². The molecule has 0 saturated carbocycles. The third kappa shape index (κ3) is 4.74. The first kappa shape index (κ1) is 11.4. The molecule has 0 aliphatic heterocycles. The summed E-state index contributed by atoms with van der Waals surface area (Å²) in [6, 6.07) is 9.59. The van der Waals surface area contributed by atoms with Crippen LogP contribution in [0, 0.1) is 12.1 Å². The number of rotatable bonds is 1. The van der Waals surface area contributed by atoms with E-state index in [1.54, 1.807) is 12.1 Å². The number of carbonyl (C=O) groups is 1. The second kappa shape index (κ2) is 5.94. The zero-order chi connectivity index (χ0) is 7.40. The normalized spacial score (nSPS) is 7.27. The minimum absolute atomic E-state index is 0. The topological polar surface area (TPSA) is 49.4 Å². The summed E-state index contributed by atoms with van der Waals surface area (Å²) in [5, 5.41) is 9.80. The predicted molar refractivity (Wildman–Crippen MR) is 30.1 cm³/mol. The molecule has 0 aromatic heterocycles. The van der Waals surface area contributed by atoms with Crippen molar-refractivity contribution in [2.45, 2.75) is 0 Å². The van der Waals surface area contributed by atoms with Crippen molar-refractivity contribution in [1.82, 2.24) is 0 Å². The average Bonchev–Trinajstić information content (AvgIpc) is 1.88. The number of hydrogen-bond donors (Lipinski definition) is 0. The van der Waals surface area contributed by atoms with E-state index in [0.717, 1.165) is 0 Å². The van der Waals surface area contributed by atoms with Gasteiger partial charge in [-0.1, -0.05) is 12.1 Å². The SMILES string of the molecule is O=C([O-])Oc1c#cccc1.[Cs+]. The van der Waals surface area contributed by atoms with Crippen LogP contribution in [0.2, 0.25) is 0 Å². The van der Waals surface area contributed by atoms with Crippen LogP contribution in [0.5, 0.6) is 5.75 Å². The molecule has 0 unspecified atom stereocenters. The van der Waals surface area contributed by atoms with Gasteiger partial charge in [-0.3, -0.25) is 0 Å². The van der Waals surface area contributed by atoms with Crippen molar-refractivity contribution < 1.29 is 83.5 Å². The molecular formula is C7H3CsO3. The molecule has 0 amide bonds. The van der Waals surface area contributed by atoms with Gasteiger partial charge in [0.2, 0.25) is 0 Å². The molecule has 0 fully saturated rings. The Hall–Kier alpha value is 0.362. The van der Waals surface area contributed by atoms with Crippen LogP contribution in [-0.4, -0.2) is 6.16 Å². The summed E-state index contributed by atoms with van der Waals surface area (Å²) in [6.45, 7) is 0. The van der Waals surface area contributed by atoms with E-state index in [-0.39, 0.29) is 74.6 Å². The third-order valence-electron chi connectivity index (χ3n) is 0.816. The van der Waals surface area contributed by atoms with Gasteiger partial charge in [-0.05, 0) is 18.2 Å². The summed E-state index contributed by atoms with van der Waals surface area (Å²) >= 11 is 0. The molecule has 0 aliphatic rings. The quantitative estimate of drug-likeness (QED) is 0.510. The summed E-state index contributed by atoms with van der Waals surface area (Å²) in [4.78, 5) is 9.80. The van der Waals surface area contributed by atoms with Crippen LogP contribution < -0.4 is 78.7 Å². The van der Waals surface area contributed by atoms with E-state index in [2.05, 4.69) is 16.9 Å². The molecular weight excluding hydrogens is 265 g/mol. The van der Waals surface area contributed by atoms with Gasteiger partial charge < -0.3 is 14.6 Å². The van der Waals surface area contributed by atoms with Crippen LogP contribution in [0.3, 0.4) is 0 Å². The second-order valence-electron chi connectivity index (χ2n) is 1.51. The molecule has 4 heteroatoms. The average molecular weight is 268 g/mol. The van der Waals surface area contributed by atoms with E-state index < -0.39 is 6.16 Å². The standard InChI is InChI=1S/C7H4O3.Cs/c8-7(9)10-6-4-2-1-3-5-6;/h1-2,4H,(H,8,9);/q;+1/p-1. The molecule has 0 atom stereocenters. The summed E-state index contributed by atoms with van der Waals surface area (Å²) in [5.41, 5.74) is 0. The molecule has 0 radical (unpaired) electrons. The minimum Gasteiger partial charge on any atom is -0.505 e. The Morgan fingerprint density at radius 3 is 2.82 bits per heavy atom. The fourth-order valence-electron chi connectivity index (χ4n) is 0.487. The molecule has 0 bridgehead atoms. The molecule has 1 aromatic carbocycles. The van der Waals surface area contributed by atoms with E-state index in [9.17, 15) is 9.90 Å².